The summed E-state index contributed by atoms with van der Waals surface area (Å²) in [4.78, 5) is 26.2. The number of nitrogens with one attached hydrogen (secondary N) is 1. The van der Waals surface area contributed by atoms with Crippen LogP contribution in [-0.2, 0) is 10.2 Å². The van der Waals surface area contributed by atoms with Crippen molar-refractivity contribution in [2.75, 3.05) is 44.2 Å². The van der Waals surface area contributed by atoms with E-state index in [2.05, 4.69) is 25.1 Å². The van der Waals surface area contributed by atoms with Crippen molar-refractivity contribution >= 4 is 11.9 Å². The van der Waals surface area contributed by atoms with Gasteiger partial charge in [0.2, 0.25) is 11.9 Å². The number of benzene rings is 1. The number of halogens is 1. The lowest BCUT2D eigenvalue weighted by atomic mass is 9.78. The van der Waals surface area contributed by atoms with E-state index in [9.17, 15) is 9.18 Å². The van der Waals surface area contributed by atoms with Crippen molar-refractivity contribution in [1.29, 1.82) is 0 Å². The third-order valence-electron chi connectivity index (χ3n) is 6.19. The van der Waals surface area contributed by atoms with E-state index in [0.29, 0.717) is 6.54 Å². The number of carbonyl (C=O) groups excluding carboxylic acids is 1. The highest BCUT2D eigenvalue weighted by Crippen LogP contribution is 2.41. The van der Waals surface area contributed by atoms with Gasteiger partial charge in [0.25, 0.3) is 0 Å². The second-order valence-corrected chi connectivity index (χ2v) is 7.93. The Morgan fingerprint density at radius 3 is 2.48 bits per heavy atom. The van der Waals surface area contributed by atoms with E-state index in [4.69, 9.17) is 0 Å². The van der Waals surface area contributed by atoms with Crippen LogP contribution >= 0.6 is 0 Å². The van der Waals surface area contributed by atoms with Crippen molar-refractivity contribution in [2.45, 2.75) is 31.1 Å². The first kappa shape index (κ1) is 19.8. The largest absolute Gasteiger partial charge is 0.354 e. The highest BCUT2D eigenvalue weighted by Gasteiger charge is 2.42. The Balaban J connectivity index is 1.28. The molecule has 1 N–H and O–H groups in total. The van der Waals surface area contributed by atoms with Crippen molar-refractivity contribution < 1.29 is 9.18 Å². The first-order chi connectivity index (χ1) is 14.2. The van der Waals surface area contributed by atoms with Gasteiger partial charge in [-0.25, -0.2) is 14.4 Å². The Morgan fingerprint density at radius 2 is 1.79 bits per heavy atom. The average molecular weight is 397 g/mol. The zero-order valence-electron chi connectivity index (χ0n) is 16.7. The topological polar surface area (TPSA) is 61.4 Å². The number of hydrogen-bond acceptors (Lipinski definition) is 5. The highest BCUT2D eigenvalue weighted by atomic mass is 19.1. The number of aromatic nitrogens is 2. The molecule has 0 radical (unpaired) electrons. The Bertz CT molecular complexity index is 817. The van der Waals surface area contributed by atoms with Crippen LogP contribution in [0.15, 0.2) is 42.7 Å². The van der Waals surface area contributed by atoms with Gasteiger partial charge in [-0.2, -0.15) is 0 Å². The van der Waals surface area contributed by atoms with E-state index >= 15 is 0 Å². The maximum atomic E-state index is 13.8. The minimum atomic E-state index is -0.578. The normalized spacial score (nSPS) is 19.3. The number of anilines is 1. The molecule has 0 atom stereocenters. The summed E-state index contributed by atoms with van der Waals surface area (Å²) >= 11 is 0. The van der Waals surface area contributed by atoms with E-state index in [-0.39, 0.29) is 11.7 Å². The minimum absolute atomic E-state index is 0.0388. The molecule has 2 heterocycles. The van der Waals surface area contributed by atoms with E-state index in [1.165, 1.54) is 12.1 Å². The Labute approximate surface area is 171 Å². The Kier molecular flexibility index (Phi) is 6.04. The molecule has 1 saturated heterocycles. The molecule has 1 aliphatic heterocycles. The van der Waals surface area contributed by atoms with E-state index in [1.807, 2.05) is 12.1 Å². The number of rotatable bonds is 6. The monoisotopic (exact) mass is 397 g/mol. The quantitative estimate of drug-likeness (QED) is 0.811. The molecular weight excluding hydrogens is 369 g/mol. The molecule has 6 nitrogen and oxygen atoms in total. The Hall–Kier alpha value is -2.54. The highest BCUT2D eigenvalue weighted by molar-refractivity contribution is 5.88. The van der Waals surface area contributed by atoms with Crippen molar-refractivity contribution in [3.63, 3.8) is 0 Å². The summed E-state index contributed by atoms with van der Waals surface area (Å²) in [7, 11) is 0. The molecule has 29 heavy (non-hydrogen) atoms. The second-order valence-electron chi connectivity index (χ2n) is 7.93. The molecule has 0 unspecified atom stereocenters. The van der Waals surface area contributed by atoms with Crippen LogP contribution in [0.5, 0.6) is 0 Å². The lowest BCUT2D eigenvalue weighted by Crippen LogP contribution is -2.50. The molecule has 154 valence electrons. The minimum Gasteiger partial charge on any atom is -0.354 e. The number of amides is 1. The molecule has 1 saturated carbocycles. The SMILES string of the molecule is O=C(NCCN1CCN(c2ncccn2)CC1)C1(c2cccc(F)c2)CCCC1. The molecule has 1 aromatic carbocycles. The zero-order valence-corrected chi connectivity index (χ0v) is 16.7. The molecule has 2 aliphatic rings. The van der Waals surface area contributed by atoms with Crippen LogP contribution in [0.4, 0.5) is 10.3 Å². The van der Waals surface area contributed by atoms with Crippen LogP contribution < -0.4 is 10.2 Å². The first-order valence-electron chi connectivity index (χ1n) is 10.5. The third kappa shape index (κ3) is 4.40. The van der Waals surface area contributed by atoms with Crippen molar-refractivity contribution in [2.24, 2.45) is 0 Å². The zero-order chi connectivity index (χ0) is 20.1. The number of piperazine rings is 1. The maximum absolute atomic E-state index is 13.8. The smallest absolute Gasteiger partial charge is 0.230 e. The molecule has 2 aromatic rings. The van der Waals surface area contributed by atoms with Crippen molar-refractivity contribution in [3.05, 3.63) is 54.1 Å². The van der Waals surface area contributed by atoms with Gasteiger partial charge >= 0.3 is 0 Å². The summed E-state index contributed by atoms with van der Waals surface area (Å²) in [6, 6.07) is 8.37. The molecule has 0 spiro atoms. The summed E-state index contributed by atoms with van der Waals surface area (Å²) < 4.78 is 13.8. The second kappa shape index (κ2) is 8.86. The van der Waals surface area contributed by atoms with Gasteiger partial charge in [0.15, 0.2) is 0 Å². The molecule has 7 heteroatoms. The number of hydrogen-bond donors (Lipinski definition) is 1. The van der Waals surface area contributed by atoms with Crippen LogP contribution in [0.3, 0.4) is 0 Å². The molecule has 4 rings (SSSR count). The van der Waals surface area contributed by atoms with Crippen LogP contribution in [0.25, 0.3) is 0 Å². The fourth-order valence-corrected chi connectivity index (χ4v) is 4.53. The van der Waals surface area contributed by atoms with Crippen LogP contribution in [-0.4, -0.2) is 60.0 Å². The molecule has 1 aliphatic carbocycles. The summed E-state index contributed by atoms with van der Waals surface area (Å²) in [6.07, 6.45) is 7.13. The van der Waals surface area contributed by atoms with Gasteiger partial charge in [0, 0.05) is 51.7 Å². The van der Waals surface area contributed by atoms with Crippen LogP contribution in [0.1, 0.15) is 31.2 Å². The molecule has 2 fully saturated rings. The standard InChI is InChI=1S/C22H28FN5O/c23-19-6-3-5-18(17-19)22(7-1-2-8-22)20(29)24-11-12-27-13-15-28(16-14-27)21-25-9-4-10-26-21/h3-6,9-10,17H,1-2,7-8,11-16H2,(H,24,29). The molecule has 1 aromatic heterocycles. The Morgan fingerprint density at radius 1 is 1.07 bits per heavy atom. The van der Waals surface area contributed by atoms with Gasteiger partial charge in [-0.15, -0.1) is 0 Å². The summed E-state index contributed by atoms with van der Waals surface area (Å²) in [5.41, 5.74) is 0.231. The van der Waals surface area contributed by atoms with Crippen molar-refractivity contribution in [1.82, 2.24) is 20.2 Å². The maximum Gasteiger partial charge on any atom is 0.230 e. The van der Waals surface area contributed by atoms with Gasteiger partial charge in [-0.05, 0) is 36.6 Å². The molecule has 1 amide bonds. The van der Waals surface area contributed by atoms with Gasteiger partial charge in [-0.1, -0.05) is 25.0 Å². The van der Waals surface area contributed by atoms with Gasteiger partial charge < -0.3 is 10.2 Å². The first-order valence-corrected chi connectivity index (χ1v) is 10.5. The predicted molar refractivity (Wildman–Crippen MR) is 110 cm³/mol. The average Bonchev–Trinajstić information content (AvgIpc) is 3.26. The summed E-state index contributed by atoms with van der Waals surface area (Å²) in [5, 5.41) is 3.13. The van der Waals surface area contributed by atoms with E-state index in [0.717, 1.165) is 69.9 Å². The van der Waals surface area contributed by atoms with Gasteiger partial charge in [0.05, 0.1) is 5.41 Å². The van der Waals surface area contributed by atoms with E-state index < -0.39 is 5.41 Å². The van der Waals surface area contributed by atoms with Crippen LogP contribution in [0.2, 0.25) is 0 Å². The van der Waals surface area contributed by atoms with Gasteiger partial charge in [0.1, 0.15) is 5.82 Å². The predicted octanol–water partition coefficient (Wildman–Crippen LogP) is 2.37. The van der Waals surface area contributed by atoms with Crippen LogP contribution in [0, 0.1) is 5.82 Å². The van der Waals surface area contributed by atoms with Crippen molar-refractivity contribution in [3.8, 4) is 0 Å². The fourth-order valence-electron chi connectivity index (χ4n) is 4.53. The lowest BCUT2D eigenvalue weighted by molar-refractivity contribution is -0.126. The lowest BCUT2D eigenvalue weighted by Gasteiger charge is -2.35. The third-order valence-corrected chi connectivity index (χ3v) is 6.19. The molecule has 0 bridgehead atoms. The molecular formula is C22H28FN5O. The van der Waals surface area contributed by atoms with Gasteiger partial charge in [-0.3, -0.25) is 9.69 Å². The summed E-state index contributed by atoms with van der Waals surface area (Å²) in [5.74, 6) is 0.539. The fraction of sp³-hybridized carbons (Fsp3) is 0.500. The number of carbonyl (C=O) groups is 1. The van der Waals surface area contributed by atoms with E-state index in [1.54, 1.807) is 18.5 Å². The number of nitrogens with zero attached hydrogens (tertiary/aromatic N) is 4. The summed E-state index contributed by atoms with van der Waals surface area (Å²) in [6.45, 7) is 5.02.